The van der Waals surface area contributed by atoms with E-state index in [2.05, 4.69) is 0 Å². The normalized spacial score (nSPS) is 15.5. The summed E-state index contributed by atoms with van der Waals surface area (Å²) in [4.78, 5) is 49.8. The van der Waals surface area contributed by atoms with Crippen molar-refractivity contribution in [1.29, 1.82) is 0 Å². The topological polar surface area (TPSA) is 80.8 Å². The lowest BCUT2D eigenvalue weighted by Crippen LogP contribution is -2.31. The number of carbonyl (C=O) groups is 4. The summed E-state index contributed by atoms with van der Waals surface area (Å²) in [5.74, 6) is -1.55. The van der Waals surface area contributed by atoms with Gasteiger partial charge in [-0.15, -0.1) is 5.06 Å². The molecule has 0 N–H and O–H groups in total. The van der Waals surface area contributed by atoms with Gasteiger partial charge in [-0.1, -0.05) is 15.5 Å². The summed E-state index contributed by atoms with van der Waals surface area (Å²) in [5, 5.41) is 0.548. The molecule has 106 valence electrons. The Hall–Kier alpha value is -1.29. The lowest BCUT2D eigenvalue weighted by atomic mass is 10.2. The zero-order valence-electron chi connectivity index (χ0n) is 10.9. The highest BCUT2D eigenvalue weighted by atomic mass is 31.1. The fraction of sp³-hybridized carbons (Fsp3) is 0.667. The lowest BCUT2D eigenvalue weighted by molar-refractivity contribution is -0.197. The molecule has 0 spiro atoms. The van der Waals surface area contributed by atoms with Crippen LogP contribution in [-0.2, 0) is 24.0 Å². The monoisotopic (exact) mass is 287 g/mol. The van der Waals surface area contributed by atoms with Crippen molar-refractivity contribution in [3.63, 3.8) is 0 Å². The van der Waals surface area contributed by atoms with E-state index < -0.39 is 17.8 Å². The standard InChI is InChI=1S/C12H18NO5P/c1-2-19-12(17)6-4-3-5-11(16)18-13-9(14)7-8-10(13)15/h19H,2-8H2,1H3. The Morgan fingerprint density at radius 2 is 1.74 bits per heavy atom. The average Bonchev–Trinajstić information content (AvgIpc) is 2.67. The van der Waals surface area contributed by atoms with Gasteiger partial charge in [0.2, 0.25) is 0 Å². The second-order valence-electron chi connectivity index (χ2n) is 4.21. The van der Waals surface area contributed by atoms with Crippen LogP contribution in [-0.4, -0.2) is 34.5 Å². The summed E-state index contributed by atoms with van der Waals surface area (Å²) in [6.45, 7) is 1.96. The number of rotatable bonds is 8. The van der Waals surface area contributed by atoms with Gasteiger partial charge in [0, 0.05) is 25.7 Å². The van der Waals surface area contributed by atoms with Gasteiger partial charge in [-0.2, -0.15) is 0 Å². The predicted molar refractivity (Wildman–Crippen MR) is 69.5 cm³/mol. The molecular weight excluding hydrogens is 269 g/mol. The largest absolute Gasteiger partial charge is 0.333 e. The first-order chi connectivity index (χ1) is 9.04. The number of hydrogen-bond donors (Lipinski definition) is 0. The summed E-state index contributed by atoms with van der Waals surface area (Å²) in [7, 11) is 0.339. The molecule has 0 aromatic heterocycles. The van der Waals surface area contributed by atoms with Crippen molar-refractivity contribution >= 4 is 31.9 Å². The molecular formula is C12H18NO5P. The molecule has 0 aromatic rings. The minimum absolute atomic E-state index is 0.0958. The maximum Gasteiger partial charge on any atom is 0.333 e. The third-order valence-electron chi connectivity index (χ3n) is 2.61. The number of amides is 2. The van der Waals surface area contributed by atoms with E-state index in [1.807, 2.05) is 6.92 Å². The van der Waals surface area contributed by atoms with Crippen LogP contribution in [0.1, 0.15) is 45.4 Å². The third-order valence-corrected chi connectivity index (χ3v) is 3.61. The SMILES string of the molecule is CCPC(=O)CCCCC(=O)ON1C(=O)CCC1=O. The van der Waals surface area contributed by atoms with E-state index in [0.717, 1.165) is 6.16 Å². The first kappa shape index (κ1) is 15.8. The van der Waals surface area contributed by atoms with Crippen molar-refractivity contribution in [1.82, 2.24) is 5.06 Å². The number of hydrogen-bond acceptors (Lipinski definition) is 5. The smallest absolute Gasteiger partial charge is 0.330 e. The molecule has 0 radical (unpaired) electrons. The van der Waals surface area contributed by atoms with Gasteiger partial charge in [0.15, 0.2) is 5.52 Å². The van der Waals surface area contributed by atoms with Crippen LogP contribution in [0.5, 0.6) is 0 Å². The highest BCUT2D eigenvalue weighted by Crippen LogP contribution is 2.16. The van der Waals surface area contributed by atoms with Crippen molar-refractivity contribution in [2.45, 2.75) is 45.4 Å². The average molecular weight is 287 g/mol. The number of unbranched alkanes of at least 4 members (excludes halogenated alkanes) is 1. The lowest BCUT2D eigenvalue weighted by Gasteiger charge is -2.12. The second kappa shape index (κ2) is 8.00. The van der Waals surface area contributed by atoms with Gasteiger partial charge in [-0.25, -0.2) is 4.79 Å². The van der Waals surface area contributed by atoms with E-state index in [9.17, 15) is 19.2 Å². The molecule has 19 heavy (non-hydrogen) atoms. The Morgan fingerprint density at radius 1 is 1.16 bits per heavy atom. The second-order valence-corrected chi connectivity index (χ2v) is 5.82. The van der Waals surface area contributed by atoms with Crippen molar-refractivity contribution in [2.75, 3.05) is 6.16 Å². The van der Waals surface area contributed by atoms with E-state index >= 15 is 0 Å². The molecule has 1 heterocycles. The van der Waals surface area contributed by atoms with Crippen molar-refractivity contribution in [2.24, 2.45) is 0 Å². The highest BCUT2D eigenvalue weighted by Gasteiger charge is 2.32. The Balaban J connectivity index is 2.16. The molecule has 1 unspecified atom stereocenters. The van der Waals surface area contributed by atoms with Crippen molar-refractivity contribution in [3.8, 4) is 0 Å². The van der Waals surface area contributed by atoms with Crippen LogP contribution in [0, 0.1) is 0 Å². The molecule has 1 saturated heterocycles. The Labute approximate surface area is 113 Å². The summed E-state index contributed by atoms with van der Waals surface area (Å²) in [6, 6.07) is 0. The molecule has 1 rings (SSSR count). The first-order valence-corrected chi connectivity index (χ1v) is 7.58. The minimum atomic E-state index is -0.603. The quantitative estimate of drug-likeness (QED) is 0.383. The van der Waals surface area contributed by atoms with Crippen LogP contribution < -0.4 is 0 Å². The van der Waals surface area contributed by atoms with Gasteiger partial charge >= 0.3 is 5.97 Å². The van der Waals surface area contributed by atoms with Gasteiger partial charge in [0.05, 0.1) is 0 Å². The molecule has 1 fully saturated rings. The molecule has 1 aliphatic heterocycles. The maximum atomic E-state index is 11.4. The molecule has 0 aliphatic carbocycles. The molecule has 2 amide bonds. The zero-order valence-corrected chi connectivity index (χ0v) is 11.9. The van der Waals surface area contributed by atoms with Gasteiger partial charge in [-0.3, -0.25) is 14.4 Å². The summed E-state index contributed by atoms with van der Waals surface area (Å²) >= 11 is 0. The zero-order chi connectivity index (χ0) is 14.3. The maximum absolute atomic E-state index is 11.4. The van der Waals surface area contributed by atoms with Crippen LogP contribution in [0.25, 0.3) is 0 Å². The van der Waals surface area contributed by atoms with Crippen LogP contribution in [0.3, 0.4) is 0 Å². The molecule has 1 aliphatic rings. The van der Waals surface area contributed by atoms with Crippen LogP contribution in [0.4, 0.5) is 0 Å². The van der Waals surface area contributed by atoms with E-state index in [-0.39, 0.29) is 24.8 Å². The van der Waals surface area contributed by atoms with Crippen molar-refractivity contribution < 1.29 is 24.0 Å². The summed E-state index contributed by atoms with van der Waals surface area (Å²) < 4.78 is 0. The number of carbonyl (C=O) groups excluding carboxylic acids is 4. The fourth-order valence-electron chi connectivity index (χ4n) is 1.65. The van der Waals surface area contributed by atoms with Crippen LogP contribution in [0.2, 0.25) is 0 Å². The minimum Gasteiger partial charge on any atom is -0.330 e. The molecule has 6 nitrogen and oxygen atoms in total. The third kappa shape index (κ3) is 5.47. The molecule has 1 atom stereocenters. The van der Waals surface area contributed by atoms with Crippen LogP contribution in [0.15, 0.2) is 0 Å². The van der Waals surface area contributed by atoms with E-state index in [1.54, 1.807) is 0 Å². The van der Waals surface area contributed by atoms with Gasteiger partial charge in [0.25, 0.3) is 11.8 Å². The predicted octanol–water partition coefficient (Wildman–Crippen LogP) is 1.38. The van der Waals surface area contributed by atoms with Gasteiger partial charge in [-0.05, 0) is 19.0 Å². The number of nitrogens with zero attached hydrogens (tertiary/aromatic N) is 1. The van der Waals surface area contributed by atoms with E-state index in [0.29, 0.717) is 32.9 Å². The van der Waals surface area contributed by atoms with Gasteiger partial charge < -0.3 is 4.84 Å². The molecule has 0 aromatic carbocycles. The first-order valence-electron chi connectivity index (χ1n) is 6.38. The fourth-order valence-corrected chi connectivity index (χ4v) is 2.39. The molecule has 0 bridgehead atoms. The number of hydroxylamine groups is 2. The molecule has 0 saturated carbocycles. The Morgan fingerprint density at radius 3 is 2.32 bits per heavy atom. The Bertz CT molecular complexity index is 366. The Kier molecular flexibility index (Phi) is 6.64. The van der Waals surface area contributed by atoms with Gasteiger partial charge in [0.1, 0.15) is 0 Å². The van der Waals surface area contributed by atoms with E-state index in [1.165, 1.54) is 0 Å². The highest BCUT2D eigenvalue weighted by molar-refractivity contribution is 7.57. The van der Waals surface area contributed by atoms with Crippen LogP contribution >= 0.6 is 8.58 Å². The number of imide groups is 1. The van der Waals surface area contributed by atoms with Crippen molar-refractivity contribution in [3.05, 3.63) is 0 Å². The molecule has 7 heteroatoms. The summed E-state index contributed by atoms with van der Waals surface area (Å²) in [5.41, 5.74) is 0.223. The van der Waals surface area contributed by atoms with E-state index in [4.69, 9.17) is 4.84 Å². The summed E-state index contributed by atoms with van der Waals surface area (Å²) in [6.07, 6.45) is 2.79.